The predicted octanol–water partition coefficient (Wildman–Crippen LogP) is 4.63. The molecule has 0 bridgehead atoms. The van der Waals surface area contributed by atoms with Gasteiger partial charge in [-0.05, 0) is 42.5 Å². The molecule has 5 nitrogen and oxygen atoms in total. The van der Waals surface area contributed by atoms with Gasteiger partial charge in [-0.25, -0.2) is 19.3 Å². The van der Waals surface area contributed by atoms with E-state index >= 15 is 0 Å². The summed E-state index contributed by atoms with van der Waals surface area (Å²) in [5, 5.41) is 2.60. The van der Waals surface area contributed by atoms with E-state index < -0.39 is 0 Å². The molecule has 0 spiro atoms. The van der Waals surface area contributed by atoms with Crippen LogP contribution in [-0.4, -0.2) is 19.9 Å². The molecule has 0 atom stereocenters. The number of hydrogen-bond acceptors (Lipinski definition) is 5. The first-order valence-electron chi connectivity index (χ1n) is 8.72. The van der Waals surface area contributed by atoms with E-state index in [1.807, 2.05) is 24.3 Å². The first-order valence-corrected chi connectivity index (χ1v) is 8.72. The number of aromatic nitrogens is 4. The van der Waals surface area contributed by atoms with Crippen molar-refractivity contribution in [3.8, 4) is 22.5 Å². The minimum atomic E-state index is -0.342. The van der Waals surface area contributed by atoms with Crippen LogP contribution in [0.25, 0.3) is 44.3 Å². The van der Waals surface area contributed by atoms with Gasteiger partial charge in [0.2, 0.25) is 0 Å². The lowest BCUT2D eigenvalue weighted by Crippen LogP contribution is -1.98. The molecule has 134 valence electrons. The number of rotatable bonds is 2. The van der Waals surface area contributed by atoms with Gasteiger partial charge in [0.15, 0.2) is 5.65 Å². The van der Waals surface area contributed by atoms with Crippen molar-refractivity contribution < 1.29 is 4.39 Å². The summed E-state index contributed by atoms with van der Waals surface area (Å²) in [5.74, 6) is 0.0441. The Hall–Kier alpha value is -3.93. The Balaban J connectivity index is 1.89. The Morgan fingerprint density at radius 1 is 0.821 bits per heavy atom. The van der Waals surface area contributed by atoms with Gasteiger partial charge >= 0.3 is 0 Å². The smallest absolute Gasteiger partial charge is 0.160 e. The Morgan fingerprint density at radius 2 is 1.71 bits per heavy atom. The van der Waals surface area contributed by atoms with Crippen molar-refractivity contribution in [2.45, 2.75) is 0 Å². The highest BCUT2D eigenvalue weighted by Gasteiger charge is 2.16. The molecule has 2 N–H and O–H groups in total. The highest BCUT2D eigenvalue weighted by atomic mass is 19.1. The SMILES string of the molecule is Nc1cc2cnccc2c(-c2cc(-c3ccccc3F)nc3ncccc23)n1. The summed E-state index contributed by atoms with van der Waals surface area (Å²) in [6.07, 6.45) is 5.12. The normalized spacial score (nSPS) is 11.2. The topological polar surface area (TPSA) is 77.6 Å². The average molecular weight is 367 g/mol. The van der Waals surface area contributed by atoms with Gasteiger partial charge in [0.25, 0.3) is 0 Å². The first kappa shape index (κ1) is 16.3. The lowest BCUT2D eigenvalue weighted by Gasteiger charge is -2.12. The molecule has 4 aromatic heterocycles. The Kier molecular flexibility index (Phi) is 3.69. The molecule has 6 heteroatoms. The van der Waals surface area contributed by atoms with Gasteiger partial charge in [0, 0.05) is 45.9 Å². The lowest BCUT2D eigenvalue weighted by atomic mass is 10.00. The van der Waals surface area contributed by atoms with Crippen LogP contribution in [0.5, 0.6) is 0 Å². The van der Waals surface area contributed by atoms with Gasteiger partial charge in [-0.3, -0.25) is 4.98 Å². The molecular weight excluding hydrogens is 353 g/mol. The van der Waals surface area contributed by atoms with Crippen molar-refractivity contribution in [2.75, 3.05) is 5.73 Å². The molecule has 0 aliphatic carbocycles. The van der Waals surface area contributed by atoms with Crippen molar-refractivity contribution in [1.82, 2.24) is 19.9 Å². The molecule has 0 amide bonds. The average Bonchev–Trinajstić information content (AvgIpc) is 2.72. The van der Waals surface area contributed by atoms with Crippen LogP contribution >= 0.6 is 0 Å². The van der Waals surface area contributed by atoms with Crippen molar-refractivity contribution >= 4 is 27.6 Å². The largest absolute Gasteiger partial charge is 0.384 e. The van der Waals surface area contributed by atoms with E-state index in [1.54, 1.807) is 42.9 Å². The monoisotopic (exact) mass is 367 g/mol. The minimum Gasteiger partial charge on any atom is -0.384 e. The number of anilines is 1. The summed E-state index contributed by atoms with van der Waals surface area (Å²) in [6, 6.07) is 15.8. The maximum absolute atomic E-state index is 14.4. The van der Waals surface area contributed by atoms with E-state index in [0.29, 0.717) is 28.4 Å². The van der Waals surface area contributed by atoms with Gasteiger partial charge in [0.1, 0.15) is 11.6 Å². The number of pyridine rings is 4. The second kappa shape index (κ2) is 6.35. The standard InChI is InChI=1S/C22H14FN5/c23-18-6-2-1-4-16(18)19-11-17(15-5-3-8-26-22(15)27-19)21-14-7-9-25-12-13(14)10-20(24)28-21/h1-12H,(H2,24,28). The third-order valence-electron chi connectivity index (χ3n) is 4.64. The van der Waals surface area contributed by atoms with E-state index in [4.69, 9.17) is 5.73 Å². The molecule has 0 saturated heterocycles. The molecule has 5 rings (SSSR count). The summed E-state index contributed by atoms with van der Waals surface area (Å²) in [6.45, 7) is 0. The molecule has 0 aliphatic heterocycles. The third-order valence-corrected chi connectivity index (χ3v) is 4.64. The van der Waals surface area contributed by atoms with Crippen LogP contribution in [0.1, 0.15) is 0 Å². The number of nitrogen functional groups attached to an aromatic ring is 1. The third kappa shape index (κ3) is 2.63. The maximum atomic E-state index is 14.4. The summed E-state index contributed by atoms with van der Waals surface area (Å²) in [7, 11) is 0. The number of nitrogens with two attached hydrogens (primary N) is 1. The van der Waals surface area contributed by atoms with Crippen molar-refractivity contribution in [3.05, 3.63) is 79.0 Å². The van der Waals surface area contributed by atoms with Crippen molar-refractivity contribution in [1.29, 1.82) is 0 Å². The first-order chi connectivity index (χ1) is 13.7. The van der Waals surface area contributed by atoms with Crippen LogP contribution in [-0.2, 0) is 0 Å². The van der Waals surface area contributed by atoms with Gasteiger partial charge in [0.05, 0.1) is 11.4 Å². The number of benzene rings is 1. The predicted molar refractivity (Wildman–Crippen MR) is 108 cm³/mol. The molecule has 0 saturated carbocycles. The number of halogens is 1. The van der Waals surface area contributed by atoms with Crippen molar-refractivity contribution in [3.63, 3.8) is 0 Å². The summed E-state index contributed by atoms with van der Waals surface area (Å²) >= 11 is 0. The molecule has 4 heterocycles. The molecule has 0 aliphatic rings. The van der Waals surface area contributed by atoms with Crippen LogP contribution in [0.3, 0.4) is 0 Å². The van der Waals surface area contributed by atoms with E-state index in [-0.39, 0.29) is 5.82 Å². The van der Waals surface area contributed by atoms with Crippen LogP contribution in [0.4, 0.5) is 10.2 Å². The van der Waals surface area contributed by atoms with Crippen LogP contribution < -0.4 is 5.73 Å². The zero-order valence-corrected chi connectivity index (χ0v) is 14.7. The summed E-state index contributed by atoms with van der Waals surface area (Å²) in [5.41, 5.74) is 8.95. The van der Waals surface area contributed by atoms with E-state index in [1.165, 1.54) is 6.07 Å². The second-order valence-electron chi connectivity index (χ2n) is 6.40. The van der Waals surface area contributed by atoms with Gasteiger partial charge < -0.3 is 5.73 Å². The number of nitrogens with zero attached hydrogens (tertiary/aromatic N) is 4. The van der Waals surface area contributed by atoms with Gasteiger partial charge in [-0.2, -0.15) is 0 Å². The number of fused-ring (bicyclic) bond motifs is 2. The Bertz CT molecular complexity index is 1350. The van der Waals surface area contributed by atoms with E-state index in [2.05, 4.69) is 19.9 Å². The molecule has 28 heavy (non-hydrogen) atoms. The van der Waals surface area contributed by atoms with Crippen LogP contribution in [0.15, 0.2) is 73.2 Å². The minimum absolute atomic E-state index is 0.342. The van der Waals surface area contributed by atoms with E-state index in [9.17, 15) is 4.39 Å². The number of hydrogen-bond donors (Lipinski definition) is 1. The molecule has 1 aromatic carbocycles. The van der Waals surface area contributed by atoms with Crippen molar-refractivity contribution in [2.24, 2.45) is 0 Å². The van der Waals surface area contributed by atoms with E-state index in [0.717, 1.165) is 21.7 Å². The zero-order chi connectivity index (χ0) is 19.1. The second-order valence-corrected chi connectivity index (χ2v) is 6.40. The summed E-state index contributed by atoms with van der Waals surface area (Å²) in [4.78, 5) is 17.7. The molecule has 5 aromatic rings. The lowest BCUT2D eigenvalue weighted by molar-refractivity contribution is 0.631. The van der Waals surface area contributed by atoms with Crippen LogP contribution in [0, 0.1) is 5.82 Å². The summed E-state index contributed by atoms with van der Waals surface area (Å²) < 4.78 is 14.4. The zero-order valence-electron chi connectivity index (χ0n) is 14.7. The Labute approximate surface area is 159 Å². The molecule has 0 unspecified atom stereocenters. The fourth-order valence-corrected chi connectivity index (χ4v) is 3.38. The Morgan fingerprint density at radius 3 is 2.61 bits per heavy atom. The highest BCUT2D eigenvalue weighted by molar-refractivity contribution is 6.03. The quantitative estimate of drug-likeness (QED) is 0.492. The fourth-order valence-electron chi connectivity index (χ4n) is 3.38. The highest BCUT2D eigenvalue weighted by Crippen LogP contribution is 2.35. The molecule has 0 radical (unpaired) electrons. The molecular formula is C22H14FN5. The van der Waals surface area contributed by atoms with Gasteiger partial charge in [-0.1, -0.05) is 12.1 Å². The van der Waals surface area contributed by atoms with Gasteiger partial charge in [-0.15, -0.1) is 0 Å². The molecule has 0 fully saturated rings. The maximum Gasteiger partial charge on any atom is 0.160 e. The fraction of sp³-hybridized carbons (Fsp3) is 0. The van der Waals surface area contributed by atoms with Crippen LogP contribution in [0.2, 0.25) is 0 Å².